The molecule has 0 aromatic rings. The first-order valence-corrected chi connectivity index (χ1v) is 10.3. The average molecular weight is 481 g/mol. The lowest BCUT2D eigenvalue weighted by atomic mass is 9.66. The molecule has 1 heterocycles. The number of esters is 2. The number of carbonyl (C=O) groups is 3. The molecule has 1 aliphatic carbocycles. The Morgan fingerprint density at radius 1 is 1.19 bits per heavy atom. The zero-order valence-corrected chi connectivity index (χ0v) is 17.3. The molecule has 1 saturated heterocycles. The van der Waals surface area contributed by atoms with Crippen LogP contribution in [0.15, 0.2) is 0 Å². The predicted molar refractivity (Wildman–Crippen MR) is 90.0 cm³/mol. The van der Waals surface area contributed by atoms with Crippen molar-refractivity contribution in [1.82, 2.24) is 5.32 Å². The Labute approximate surface area is 173 Å². The summed E-state index contributed by atoms with van der Waals surface area (Å²) in [5, 5.41) is -3.65. The Balaban J connectivity index is 2.04. The van der Waals surface area contributed by atoms with E-state index in [4.69, 9.17) is 9.29 Å². The van der Waals surface area contributed by atoms with Crippen LogP contribution >= 0.6 is 0 Å². The van der Waals surface area contributed by atoms with Crippen LogP contribution in [-0.4, -0.2) is 60.5 Å². The van der Waals surface area contributed by atoms with Gasteiger partial charge in [0.1, 0.15) is 0 Å². The zero-order valence-electron chi connectivity index (χ0n) is 16.5. The number of hydrogen-bond donors (Lipinski definition) is 2. The highest BCUT2D eigenvalue weighted by molar-refractivity contribution is 7.86. The van der Waals surface area contributed by atoms with Crippen LogP contribution in [0.3, 0.4) is 0 Å². The predicted octanol–water partition coefficient (Wildman–Crippen LogP) is 1.57. The first-order chi connectivity index (χ1) is 13.7. The lowest BCUT2D eigenvalue weighted by molar-refractivity contribution is -0.259. The highest BCUT2D eigenvalue weighted by atomic mass is 32.2. The van der Waals surface area contributed by atoms with Gasteiger partial charge in [-0.05, 0) is 19.8 Å². The molecule has 0 radical (unpaired) electrons. The number of halogens is 5. The second kappa shape index (κ2) is 7.25. The average Bonchev–Trinajstić information content (AvgIpc) is 2.87. The van der Waals surface area contributed by atoms with Gasteiger partial charge in [-0.1, -0.05) is 13.8 Å². The van der Waals surface area contributed by atoms with Crippen LogP contribution in [0.5, 0.6) is 0 Å². The number of alkyl halides is 5. The molecule has 178 valence electrons. The summed E-state index contributed by atoms with van der Waals surface area (Å²) in [6.07, 6.45) is -11.0. The number of carbonyl (C=O) groups excluding carboxylic acids is 3. The van der Waals surface area contributed by atoms with E-state index in [1.165, 1.54) is 0 Å². The van der Waals surface area contributed by atoms with E-state index in [9.17, 15) is 44.8 Å². The van der Waals surface area contributed by atoms with Crippen molar-refractivity contribution in [2.45, 2.75) is 63.2 Å². The fraction of sp³-hybridized carbons (Fsp3) is 0.812. The summed E-state index contributed by atoms with van der Waals surface area (Å²) in [7, 11) is -6.56. The van der Waals surface area contributed by atoms with Gasteiger partial charge in [0.2, 0.25) is 0 Å². The molecule has 2 fully saturated rings. The smallest absolute Gasteiger partial charge is 0.432 e. The molecule has 3 unspecified atom stereocenters. The van der Waals surface area contributed by atoms with E-state index in [0.717, 1.165) is 0 Å². The molecule has 2 aliphatic rings. The molecule has 2 N–H and O–H groups in total. The minimum atomic E-state index is -6.56. The molecule has 1 amide bonds. The van der Waals surface area contributed by atoms with E-state index in [-0.39, 0.29) is 6.42 Å². The minimum absolute atomic E-state index is 0.162. The second-order valence-corrected chi connectivity index (χ2v) is 9.62. The van der Waals surface area contributed by atoms with E-state index in [2.05, 4.69) is 10.1 Å². The molecule has 1 aliphatic heterocycles. The van der Waals surface area contributed by atoms with Gasteiger partial charge in [-0.25, -0.2) is 0 Å². The van der Waals surface area contributed by atoms with Crippen LogP contribution in [0, 0.1) is 10.8 Å². The van der Waals surface area contributed by atoms with Crippen LogP contribution in [0.2, 0.25) is 0 Å². The normalized spacial score (nSPS) is 28.7. The number of hydrogen-bond acceptors (Lipinski definition) is 7. The summed E-state index contributed by atoms with van der Waals surface area (Å²) in [6, 6.07) is 0. The van der Waals surface area contributed by atoms with Crippen molar-refractivity contribution in [2.24, 2.45) is 10.8 Å². The van der Waals surface area contributed by atoms with Gasteiger partial charge in [-0.15, -0.1) is 0 Å². The van der Waals surface area contributed by atoms with Gasteiger partial charge in [0, 0.05) is 12.0 Å². The molecule has 2 rings (SSSR count). The fourth-order valence-electron chi connectivity index (χ4n) is 3.82. The van der Waals surface area contributed by atoms with Crippen molar-refractivity contribution in [3.8, 4) is 0 Å². The summed E-state index contributed by atoms with van der Waals surface area (Å²) in [5.74, 6) is -3.34. The number of fused-ring (bicyclic) bond motifs is 2. The summed E-state index contributed by atoms with van der Waals surface area (Å²) < 4.78 is 103. The Morgan fingerprint density at radius 2 is 1.74 bits per heavy atom. The third kappa shape index (κ3) is 3.75. The van der Waals surface area contributed by atoms with Crippen molar-refractivity contribution in [3.05, 3.63) is 0 Å². The molecular weight excluding hydrogens is 461 g/mol. The fourth-order valence-corrected chi connectivity index (χ4v) is 4.27. The molecule has 3 atom stereocenters. The van der Waals surface area contributed by atoms with Gasteiger partial charge in [0.05, 0.1) is 11.8 Å². The molecule has 0 aromatic heterocycles. The molecule has 9 nitrogen and oxygen atoms in total. The van der Waals surface area contributed by atoms with E-state index < -0.39 is 74.9 Å². The van der Waals surface area contributed by atoms with Crippen molar-refractivity contribution >= 4 is 28.0 Å². The monoisotopic (exact) mass is 481 g/mol. The van der Waals surface area contributed by atoms with Crippen LogP contribution in [0.25, 0.3) is 0 Å². The lowest BCUT2D eigenvalue weighted by Crippen LogP contribution is -2.54. The summed E-state index contributed by atoms with van der Waals surface area (Å²) >= 11 is 0. The van der Waals surface area contributed by atoms with Crippen LogP contribution < -0.4 is 5.32 Å². The Morgan fingerprint density at radius 3 is 2.13 bits per heavy atom. The third-order valence-electron chi connectivity index (χ3n) is 6.26. The van der Waals surface area contributed by atoms with E-state index in [1.54, 1.807) is 20.8 Å². The lowest BCUT2D eigenvalue weighted by Gasteiger charge is -2.35. The van der Waals surface area contributed by atoms with E-state index >= 15 is 0 Å². The Bertz CT molecular complexity index is 902. The molecule has 15 heteroatoms. The molecule has 2 bridgehead atoms. The quantitative estimate of drug-likeness (QED) is 0.318. The Kier molecular flexibility index (Phi) is 5.90. The maximum absolute atomic E-state index is 13.4. The van der Waals surface area contributed by atoms with Crippen LogP contribution in [0.1, 0.15) is 40.0 Å². The van der Waals surface area contributed by atoms with Gasteiger partial charge in [-0.2, -0.15) is 30.4 Å². The number of ether oxygens (including phenoxy) is 2. The molecule has 0 aromatic carbocycles. The minimum Gasteiger partial charge on any atom is -0.448 e. The molecule has 1 saturated carbocycles. The van der Waals surface area contributed by atoms with Crippen LogP contribution in [0.4, 0.5) is 22.0 Å². The van der Waals surface area contributed by atoms with E-state index in [1.807, 2.05) is 0 Å². The number of amides is 1. The number of rotatable bonds is 7. The van der Waals surface area contributed by atoms with Gasteiger partial charge in [0.15, 0.2) is 5.60 Å². The highest BCUT2D eigenvalue weighted by Gasteiger charge is 2.75. The van der Waals surface area contributed by atoms with Crippen molar-refractivity contribution in [3.63, 3.8) is 0 Å². The van der Waals surface area contributed by atoms with Gasteiger partial charge in [-0.3, -0.25) is 18.9 Å². The summed E-state index contributed by atoms with van der Waals surface area (Å²) in [5.41, 5.74) is -3.46. The van der Waals surface area contributed by atoms with Crippen LogP contribution in [-0.2, 0) is 34.0 Å². The standard InChI is InChI=1S/C16H20F5NO8S/c1-12(2)13(3)5-6-14(12,30-11(13)25)10(24)22-7-4-8(23)29-9(15(17,18)19)16(20,21)31(26,27)28/h9H,4-7H2,1-3H3,(H,22,24)(H,26,27,28). The van der Waals surface area contributed by atoms with Gasteiger partial charge in [0.25, 0.3) is 12.0 Å². The van der Waals surface area contributed by atoms with Crippen molar-refractivity contribution in [1.29, 1.82) is 0 Å². The highest BCUT2D eigenvalue weighted by Crippen LogP contribution is 2.65. The van der Waals surface area contributed by atoms with Crippen molar-refractivity contribution < 1.29 is 58.8 Å². The number of nitrogens with one attached hydrogen (secondary N) is 1. The zero-order chi connectivity index (χ0) is 24.3. The van der Waals surface area contributed by atoms with Crippen molar-refractivity contribution in [2.75, 3.05) is 6.54 Å². The first-order valence-electron chi connectivity index (χ1n) is 8.87. The summed E-state index contributed by atoms with van der Waals surface area (Å²) in [4.78, 5) is 36.4. The maximum Gasteiger partial charge on any atom is 0.432 e. The van der Waals surface area contributed by atoms with E-state index in [0.29, 0.717) is 6.42 Å². The largest absolute Gasteiger partial charge is 0.448 e. The maximum atomic E-state index is 13.4. The van der Waals surface area contributed by atoms with Gasteiger partial charge >= 0.3 is 33.5 Å². The first kappa shape index (κ1) is 25.2. The molecule has 31 heavy (non-hydrogen) atoms. The molecular formula is C16H20F5NO8S. The Hall–Kier alpha value is -2.03. The SMILES string of the molecule is CC12CCC(C(=O)NCCC(=O)OC(C(F)(F)F)C(F)(F)S(=O)(=O)O)(OC1=O)C2(C)C. The van der Waals surface area contributed by atoms with Gasteiger partial charge < -0.3 is 14.8 Å². The second-order valence-electron chi connectivity index (χ2n) is 8.13. The summed E-state index contributed by atoms with van der Waals surface area (Å²) in [6.45, 7) is 4.21. The molecule has 0 spiro atoms. The topological polar surface area (TPSA) is 136 Å². The third-order valence-corrected chi connectivity index (χ3v) is 7.16.